The Hall–Kier alpha value is -1.15. The largest absolute Gasteiger partial charge is 0.363 e. The molecule has 3 rings (SSSR count). The molecule has 1 fully saturated rings. The Balaban J connectivity index is 1.66. The summed E-state index contributed by atoms with van der Waals surface area (Å²) < 4.78 is 27.4. The zero-order valence-electron chi connectivity index (χ0n) is 11.8. The van der Waals surface area contributed by atoms with E-state index in [4.69, 9.17) is 0 Å². The van der Waals surface area contributed by atoms with Crippen molar-refractivity contribution in [3.05, 3.63) is 40.3 Å². The lowest BCUT2D eigenvalue weighted by Crippen LogP contribution is -2.26. The minimum atomic E-state index is -3.49. The molecule has 5 nitrogen and oxygen atoms in total. The molecule has 0 spiro atoms. The summed E-state index contributed by atoms with van der Waals surface area (Å²) in [4.78, 5) is 3.31. The second-order valence-electron chi connectivity index (χ2n) is 5.42. The Morgan fingerprint density at radius 3 is 2.95 bits per heavy atom. The van der Waals surface area contributed by atoms with Crippen LogP contribution in [0.3, 0.4) is 0 Å². The van der Waals surface area contributed by atoms with Gasteiger partial charge >= 0.3 is 0 Å². The van der Waals surface area contributed by atoms with Crippen LogP contribution in [0.25, 0.3) is 0 Å². The van der Waals surface area contributed by atoms with Gasteiger partial charge in [-0.05, 0) is 48.2 Å². The van der Waals surface area contributed by atoms with Crippen molar-refractivity contribution >= 4 is 21.4 Å². The van der Waals surface area contributed by atoms with Crippen molar-refractivity contribution in [3.63, 3.8) is 0 Å². The van der Waals surface area contributed by atoms with Crippen molar-refractivity contribution in [1.29, 1.82) is 0 Å². The molecule has 0 aromatic carbocycles. The maximum Gasteiger partial charge on any atom is 0.242 e. The summed E-state index contributed by atoms with van der Waals surface area (Å²) in [7, 11) is -3.49. The Bertz CT molecular complexity index is 688. The number of nitrogens with one attached hydrogen (secondary N) is 3. The summed E-state index contributed by atoms with van der Waals surface area (Å²) in [5.41, 5.74) is 1.88. The molecule has 1 saturated carbocycles. The van der Waals surface area contributed by atoms with Crippen LogP contribution in [-0.2, 0) is 16.6 Å². The van der Waals surface area contributed by atoms with Gasteiger partial charge in [0.25, 0.3) is 0 Å². The van der Waals surface area contributed by atoms with Crippen molar-refractivity contribution in [2.24, 2.45) is 0 Å². The Kier molecular flexibility index (Phi) is 4.17. The number of hydrogen-bond acceptors (Lipinski definition) is 4. The molecule has 1 aliphatic rings. The molecule has 0 radical (unpaired) electrons. The Labute approximate surface area is 128 Å². The molecular weight excluding hydrogens is 306 g/mol. The highest BCUT2D eigenvalue weighted by Crippen LogP contribution is 2.21. The molecule has 3 N–H and O–H groups in total. The van der Waals surface area contributed by atoms with E-state index in [0.29, 0.717) is 12.6 Å². The molecule has 1 aliphatic carbocycles. The van der Waals surface area contributed by atoms with Gasteiger partial charge in [-0.15, -0.1) is 0 Å². The van der Waals surface area contributed by atoms with E-state index < -0.39 is 10.0 Å². The summed E-state index contributed by atoms with van der Waals surface area (Å²) in [6, 6.07) is 3.99. The van der Waals surface area contributed by atoms with Gasteiger partial charge in [-0.2, -0.15) is 11.3 Å². The predicted octanol–water partition coefficient (Wildman–Crippen LogP) is 2.37. The van der Waals surface area contributed by atoms with Gasteiger partial charge in [0.2, 0.25) is 10.0 Å². The minimum Gasteiger partial charge on any atom is -0.363 e. The predicted molar refractivity (Wildman–Crippen MR) is 83.7 cm³/mol. The average Bonchev–Trinajstić information content (AvgIpc) is 2.96. The van der Waals surface area contributed by atoms with Crippen LogP contribution >= 0.6 is 11.3 Å². The monoisotopic (exact) mass is 325 g/mol. The van der Waals surface area contributed by atoms with Gasteiger partial charge in [-0.3, -0.25) is 0 Å². The second-order valence-corrected chi connectivity index (χ2v) is 7.91. The van der Waals surface area contributed by atoms with Gasteiger partial charge in [0.05, 0.1) is 4.90 Å². The third kappa shape index (κ3) is 3.74. The first kappa shape index (κ1) is 14.8. The number of thiophene rings is 1. The summed E-state index contributed by atoms with van der Waals surface area (Å²) >= 11 is 1.56. The van der Waals surface area contributed by atoms with Gasteiger partial charge < -0.3 is 10.3 Å². The third-order valence-electron chi connectivity index (χ3n) is 3.56. The standard InChI is InChI=1S/C14H19N3O2S2/c1-10(11-4-5-20-9-11)17-21(18,19)14-6-13(16-8-14)7-15-12-2-3-12/h4-6,8-10,12,15-17H,2-3,7H2,1H3. The summed E-state index contributed by atoms with van der Waals surface area (Å²) in [5.74, 6) is 0. The number of H-pyrrole nitrogens is 1. The normalized spacial score (nSPS) is 17.0. The first-order chi connectivity index (χ1) is 10.0. The van der Waals surface area contributed by atoms with Gasteiger partial charge in [0.1, 0.15) is 0 Å². The smallest absolute Gasteiger partial charge is 0.242 e. The molecule has 0 bridgehead atoms. The minimum absolute atomic E-state index is 0.232. The maximum atomic E-state index is 12.4. The molecule has 1 unspecified atom stereocenters. The topological polar surface area (TPSA) is 74.0 Å². The van der Waals surface area contributed by atoms with Gasteiger partial charge in [-0.25, -0.2) is 13.1 Å². The molecule has 7 heteroatoms. The van der Waals surface area contributed by atoms with Crippen LogP contribution < -0.4 is 10.0 Å². The fourth-order valence-electron chi connectivity index (χ4n) is 2.11. The Morgan fingerprint density at radius 1 is 1.48 bits per heavy atom. The quantitative estimate of drug-likeness (QED) is 0.731. The van der Waals surface area contributed by atoms with E-state index >= 15 is 0 Å². The molecule has 0 aliphatic heterocycles. The highest BCUT2D eigenvalue weighted by molar-refractivity contribution is 7.89. The molecule has 0 saturated heterocycles. The first-order valence-electron chi connectivity index (χ1n) is 7.00. The maximum absolute atomic E-state index is 12.4. The van der Waals surface area contributed by atoms with Crippen LogP contribution in [0, 0.1) is 0 Å². The third-order valence-corrected chi connectivity index (χ3v) is 5.78. The number of aromatic amines is 1. The van der Waals surface area contributed by atoms with Crippen LogP contribution in [-0.4, -0.2) is 19.4 Å². The Morgan fingerprint density at radius 2 is 2.29 bits per heavy atom. The van der Waals surface area contributed by atoms with Crippen molar-refractivity contribution in [3.8, 4) is 0 Å². The van der Waals surface area contributed by atoms with Crippen LogP contribution in [0.1, 0.15) is 37.1 Å². The fraction of sp³-hybridized carbons (Fsp3) is 0.429. The van der Waals surface area contributed by atoms with Crippen molar-refractivity contribution in [1.82, 2.24) is 15.0 Å². The van der Waals surface area contributed by atoms with E-state index in [0.717, 1.165) is 11.3 Å². The lowest BCUT2D eigenvalue weighted by molar-refractivity contribution is 0.567. The molecule has 2 aromatic rings. The zero-order valence-corrected chi connectivity index (χ0v) is 13.4. The molecular formula is C14H19N3O2S2. The molecule has 1 atom stereocenters. The van der Waals surface area contributed by atoms with Gasteiger partial charge in [-0.1, -0.05) is 0 Å². The van der Waals surface area contributed by atoms with Crippen molar-refractivity contribution < 1.29 is 8.42 Å². The zero-order chi connectivity index (χ0) is 14.9. The first-order valence-corrected chi connectivity index (χ1v) is 9.42. The van der Waals surface area contributed by atoms with Crippen molar-refractivity contribution in [2.75, 3.05) is 0 Å². The summed E-state index contributed by atoms with van der Waals surface area (Å²) in [5, 5.41) is 7.25. The molecule has 2 heterocycles. The fourth-order valence-corrected chi connectivity index (χ4v) is 4.11. The molecule has 0 amide bonds. The van der Waals surface area contributed by atoms with Crippen LogP contribution in [0.2, 0.25) is 0 Å². The van der Waals surface area contributed by atoms with E-state index in [1.807, 2.05) is 23.8 Å². The number of rotatable bonds is 7. The van der Waals surface area contributed by atoms with E-state index in [-0.39, 0.29) is 10.9 Å². The summed E-state index contributed by atoms with van der Waals surface area (Å²) in [6.07, 6.45) is 3.98. The summed E-state index contributed by atoms with van der Waals surface area (Å²) in [6.45, 7) is 2.53. The second kappa shape index (κ2) is 5.92. The highest BCUT2D eigenvalue weighted by Gasteiger charge is 2.22. The van der Waals surface area contributed by atoms with Crippen LogP contribution in [0.15, 0.2) is 34.0 Å². The van der Waals surface area contributed by atoms with Crippen LogP contribution in [0.4, 0.5) is 0 Å². The average molecular weight is 325 g/mol. The molecule has 114 valence electrons. The SMILES string of the molecule is CC(NS(=O)(=O)c1c[nH]c(CNC2CC2)c1)c1ccsc1. The van der Waals surface area contributed by atoms with Gasteiger partial charge in [0, 0.05) is 30.5 Å². The van der Waals surface area contributed by atoms with E-state index in [9.17, 15) is 8.42 Å². The van der Waals surface area contributed by atoms with E-state index in [1.54, 1.807) is 23.6 Å². The number of sulfonamides is 1. The van der Waals surface area contributed by atoms with E-state index in [2.05, 4.69) is 15.0 Å². The number of aromatic nitrogens is 1. The van der Waals surface area contributed by atoms with Crippen LogP contribution in [0.5, 0.6) is 0 Å². The van der Waals surface area contributed by atoms with Crippen molar-refractivity contribution in [2.45, 2.75) is 43.3 Å². The number of hydrogen-bond donors (Lipinski definition) is 3. The molecule has 21 heavy (non-hydrogen) atoms. The van der Waals surface area contributed by atoms with Gasteiger partial charge in [0.15, 0.2) is 0 Å². The molecule has 2 aromatic heterocycles. The highest BCUT2D eigenvalue weighted by atomic mass is 32.2. The lowest BCUT2D eigenvalue weighted by atomic mass is 10.2. The lowest BCUT2D eigenvalue weighted by Gasteiger charge is -2.11. The van der Waals surface area contributed by atoms with E-state index in [1.165, 1.54) is 12.8 Å².